The van der Waals surface area contributed by atoms with Gasteiger partial charge in [0.15, 0.2) is 5.76 Å². The summed E-state index contributed by atoms with van der Waals surface area (Å²) in [7, 11) is 3.21. The van der Waals surface area contributed by atoms with E-state index >= 15 is 0 Å². The second kappa shape index (κ2) is 13.0. The Balaban J connectivity index is 0.00000306. The first-order chi connectivity index (χ1) is 15.7. The van der Waals surface area contributed by atoms with Gasteiger partial charge in [-0.25, -0.2) is 0 Å². The predicted octanol–water partition coefficient (Wildman–Crippen LogP) is 5.10. The Hall–Kier alpha value is -3.23. The van der Waals surface area contributed by atoms with Crippen LogP contribution in [0.3, 0.4) is 0 Å². The summed E-state index contributed by atoms with van der Waals surface area (Å²) in [4.78, 5) is 8.86. The van der Waals surface area contributed by atoms with Crippen molar-refractivity contribution < 1.29 is 14.0 Å². The van der Waals surface area contributed by atoms with Crippen molar-refractivity contribution in [2.75, 3.05) is 14.2 Å². The summed E-state index contributed by atoms with van der Waals surface area (Å²) in [6, 6.07) is 13.2. The zero-order valence-electron chi connectivity index (χ0n) is 20.7. The highest BCUT2D eigenvalue weighted by Gasteiger charge is 2.18. The van der Waals surface area contributed by atoms with Crippen LogP contribution in [0.1, 0.15) is 38.8 Å². The Kier molecular flexibility index (Phi) is 11.1. The number of aromatic nitrogens is 1. The number of ether oxygens (including phenoxy) is 2. The van der Waals surface area contributed by atoms with Gasteiger partial charge in [-0.3, -0.25) is 9.98 Å². The SMILES string of the molecule is COc1ccc(C(N)=NC(C)C)cc1-c1cc(-c2cc(C(N)=NC(C)C)ccc2OC)on1.Cl.Cl. The molecule has 0 aliphatic heterocycles. The first kappa shape index (κ1) is 29.8. The molecule has 0 bridgehead atoms. The van der Waals surface area contributed by atoms with Gasteiger partial charge < -0.3 is 25.5 Å². The maximum atomic E-state index is 6.17. The van der Waals surface area contributed by atoms with E-state index in [-0.39, 0.29) is 36.9 Å². The van der Waals surface area contributed by atoms with Gasteiger partial charge in [-0.2, -0.15) is 0 Å². The Labute approximate surface area is 218 Å². The molecule has 4 N–H and O–H groups in total. The molecular weight excluding hydrogens is 489 g/mol. The molecule has 0 fully saturated rings. The van der Waals surface area contributed by atoms with Crippen LogP contribution in [0.15, 0.2) is 57.0 Å². The van der Waals surface area contributed by atoms with E-state index in [1.165, 1.54) is 0 Å². The topological polar surface area (TPSA) is 121 Å². The van der Waals surface area contributed by atoms with Crippen LogP contribution in [0.5, 0.6) is 11.5 Å². The summed E-state index contributed by atoms with van der Waals surface area (Å²) >= 11 is 0. The van der Waals surface area contributed by atoms with Gasteiger partial charge >= 0.3 is 0 Å². The molecule has 190 valence electrons. The molecule has 8 nitrogen and oxygen atoms in total. The van der Waals surface area contributed by atoms with Crippen LogP contribution >= 0.6 is 24.8 Å². The number of rotatable bonds is 8. The highest BCUT2D eigenvalue weighted by atomic mass is 35.5. The van der Waals surface area contributed by atoms with Crippen LogP contribution in [-0.4, -0.2) is 43.1 Å². The lowest BCUT2D eigenvalue weighted by molar-refractivity contribution is 0.405. The number of aliphatic imine (C=N–C) groups is 2. The van der Waals surface area contributed by atoms with Crippen molar-refractivity contribution in [1.82, 2.24) is 5.16 Å². The summed E-state index contributed by atoms with van der Waals surface area (Å²) in [5.41, 5.74) is 15.9. The molecule has 0 unspecified atom stereocenters. The van der Waals surface area contributed by atoms with Crippen LogP contribution < -0.4 is 20.9 Å². The first-order valence-electron chi connectivity index (χ1n) is 10.7. The molecule has 1 heterocycles. The number of hydrogen-bond donors (Lipinski definition) is 2. The number of amidine groups is 2. The van der Waals surface area contributed by atoms with Crippen molar-refractivity contribution >= 4 is 36.5 Å². The van der Waals surface area contributed by atoms with E-state index in [9.17, 15) is 0 Å². The molecule has 3 aromatic rings. The third-order valence-electron chi connectivity index (χ3n) is 4.84. The van der Waals surface area contributed by atoms with Crippen LogP contribution in [0.25, 0.3) is 22.6 Å². The Morgan fingerprint density at radius 3 is 1.69 bits per heavy atom. The molecule has 0 radical (unpaired) electrons. The lowest BCUT2D eigenvalue weighted by atomic mass is 10.0. The van der Waals surface area contributed by atoms with Crippen molar-refractivity contribution in [1.29, 1.82) is 0 Å². The second-order valence-electron chi connectivity index (χ2n) is 8.12. The summed E-state index contributed by atoms with van der Waals surface area (Å²) in [6.07, 6.45) is 0. The van der Waals surface area contributed by atoms with Crippen molar-refractivity contribution in [3.63, 3.8) is 0 Å². The highest BCUT2D eigenvalue weighted by Crippen LogP contribution is 2.36. The maximum absolute atomic E-state index is 6.17. The third-order valence-corrected chi connectivity index (χ3v) is 4.84. The van der Waals surface area contributed by atoms with Crippen molar-refractivity contribution in [2.45, 2.75) is 39.8 Å². The molecule has 0 atom stereocenters. The monoisotopic (exact) mass is 521 g/mol. The van der Waals surface area contributed by atoms with Crippen LogP contribution in [0, 0.1) is 0 Å². The van der Waals surface area contributed by atoms with Gasteiger partial charge in [-0.05, 0) is 64.1 Å². The van der Waals surface area contributed by atoms with Crippen molar-refractivity contribution in [2.24, 2.45) is 21.5 Å². The molecule has 0 amide bonds. The second-order valence-corrected chi connectivity index (χ2v) is 8.12. The molecule has 10 heteroatoms. The molecule has 3 rings (SSSR count). The fourth-order valence-corrected chi connectivity index (χ4v) is 3.36. The molecule has 0 aliphatic carbocycles. The van der Waals surface area contributed by atoms with Crippen molar-refractivity contribution in [3.05, 3.63) is 53.6 Å². The largest absolute Gasteiger partial charge is 0.496 e. The maximum Gasteiger partial charge on any atom is 0.171 e. The van der Waals surface area contributed by atoms with Gasteiger partial charge in [-0.15, -0.1) is 24.8 Å². The Morgan fingerprint density at radius 1 is 0.771 bits per heavy atom. The van der Waals surface area contributed by atoms with Crippen LogP contribution in [0.2, 0.25) is 0 Å². The molecule has 35 heavy (non-hydrogen) atoms. The number of hydrogen-bond acceptors (Lipinski definition) is 6. The van der Waals surface area contributed by atoms with E-state index < -0.39 is 0 Å². The number of nitrogens with zero attached hydrogens (tertiary/aromatic N) is 3. The van der Waals surface area contributed by atoms with Crippen molar-refractivity contribution in [3.8, 4) is 34.1 Å². The van der Waals surface area contributed by atoms with Gasteiger partial charge in [0.05, 0.1) is 19.8 Å². The fraction of sp³-hybridized carbons (Fsp3) is 0.320. The fourth-order valence-electron chi connectivity index (χ4n) is 3.36. The quantitative estimate of drug-likeness (QED) is 0.314. The minimum Gasteiger partial charge on any atom is -0.496 e. The van der Waals surface area contributed by atoms with Crippen LogP contribution in [0.4, 0.5) is 0 Å². The standard InChI is InChI=1S/C25H31N5O3.2ClH/c1-14(2)28-24(26)16-7-9-21(31-5)18(11-16)20-13-23(33-30-20)19-12-17(8-10-22(19)32-6)25(27)29-15(3)4;;/h7-15H,1-6H3,(H2,26,28)(H2,27,29);2*1H. The van der Waals surface area contributed by atoms with Gasteiger partial charge in [0, 0.05) is 34.8 Å². The first-order valence-corrected chi connectivity index (χ1v) is 10.7. The van der Waals surface area contributed by atoms with Gasteiger partial charge in [0.25, 0.3) is 0 Å². The van der Waals surface area contributed by atoms with E-state index in [0.29, 0.717) is 40.2 Å². The zero-order valence-corrected chi connectivity index (χ0v) is 22.4. The molecule has 0 saturated heterocycles. The average Bonchev–Trinajstić information content (AvgIpc) is 3.27. The van der Waals surface area contributed by atoms with Gasteiger partial charge in [0.1, 0.15) is 28.9 Å². The number of halogens is 2. The minimum absolute atomic E-state index is 0. The molecule has 0 saturated carbocycles. The molecule has 1 aromatic heterocycles. The predicted molar refractivity (Wildman–Crippen MR) is 147 cm³/mol. The summed E-state index contributed by atoms with van der Waals surface area (Å²) in [5.74, 6) is 2.70. The molecule has 0 aliphatic rings. The molecule has 0 spiro atoms. The summed E-state index contributed by atoms with van der Waals surface area (Å²) < 4.78 is 16.8. The van der Waals surface area contributed by atoms with E-state index in [2.05, 4.69) is 15.1 Å². The van der Waals surface area contributed by atoms with Gasteiger partial charge in [-0.1, -0.05) is 5.16 Å². The number of methoxy groups -OCH3 is 2. The number of nitrogens with two attached hydrogens (primary N) is 2. The Morgan fingerprint density at radius 2 is 1.23 bits per heavy atom. The van der Waals surface area contributed by atoms with E-state index in [1.54, 1.807) is 14.2 Å². The van der Waals surface area contributed by atoms with E-state index in [0.717, 1.165) is 16.7 Å². The third kappa shape index (κ3) is 7.13. The normalized spacial score (nSPS) is 11.8. The smallest absolute Gasteiger partial charge is 0.171 e. The highest BCUT2D eigenvalue weighted by molar-refractivity contribution is 6.00. The average molecular weight is 522 g/mol. The molecular formula is C25H33Cl2N5O3. The Bertz CT molecular complexity index is 1100. The van der Waals surface area contributed by atoms with Crippen LogP contribution in [-0.2, 0) is 0 Å². The lowest BCUT2D eigenvalue weighted by Crippen LogP contribution is -2.15. The minimum atomic E-state index is 0. The summed E-state index contributed by atoms with van der Waals surface area (Å²) in [6.45, 7) is 7.89. The van der Waals surface area contributed by atoms with Gasteiger partial charge in [0.2, 0.25) is 0 Å². The number of benzene rings is 2. The zero-order chi connectivity index (χ0) is 24.1. The van der Waals surface area contributed by atoms with E-state index in [4.69, 9.17) is 25.5 Å². The van der Waals surface area contributed by atoms with E-state index in [1.807, 2.05) is 70.2 Å². The summed E-state index contributed by atoms with van der Waals surface area (Å²) in [5, 5.41) is 4.28. The lowest BCUT2D eigenvalue weighted by Gasteiger charge is -2.10. The molecule has 2 aromatic carbocycles.